The Morgan fingerprint density at radius 2 is 1.58 bits per heavy atom. The average molecular weight is 382 g/mol. The maximum Gasteiger partial charge on any atom is 0.129 e. The molecule has 1 aromatic carbocycles. The molecule has 100 valence electrons. The Kier molecular flexibility index (Phi) is 5.26. The van der Waals surface area contributed by atoms with Gasteiger partial charge in [-0.05, 0) is 54.6 Å². The molecule has 0 amide bonds. The minimum Gasteiger partial charge on any atom is -0.378 e. The number of aliphatic hydroxyl groups is 1. The van der Waals surface area contributed by atoms with Gasteiger partial charge in [0.05, 0.1) is 0 Å². The van der Waals surface area contributed by atoms with Crippen molar-refractivity contribution in [3.8, 4) is 23.3 Å². The molecule has 0 saturated carbocycles. The lowest BCUT2D eigenvalue weighted by Crippen LogP contribution is -2.16. The zero-order valence-electron chi connectivity index (χ0n) is 12.1. The van der Waals surface area contributed by atoms with E-state index in [1.165, 1.54) is 0 Å². The van der Waals surface area contributed by atoms with Crippen LogP contribution in [0.1, 0.15) is 25.0 Å². The van der Waals surface area contributed by atoms with Crippen LogP contribution in [0.25, 0.3) is 0 Å². The molecule has 0 fully saturated rings. The Balaban J connectivity index is 3.13. The van der Waals surface area contributed by atoms with Gasteiger partial charge in [0.1, 0.15) is 13.7 Å². The van der Waals surface area contributed by atoms with Crippen molar-refractivity contribution in [3.05, 3.63) is 32.9 Å². The molecule has 0 unspecified atom stereocenters. The topological polar surface area (TPSA) is 20.2 Å². The van der Waals surface area contributed by atoms with Gasteiger partial charge in [0.2, 0.25) is 0 Å². The van der Waals surface area contributed by atoms with Crippen molar-refractivity contribution in [2.45, 2.75) is 39.1 Å². The van der Waals surface area contributed by atoms with Gasteiger partial charge in [-0.3, -0.25) is 0 Å². The van der Waals surface area contributed by atoms with Gasteiger partial charge in [-0.15, -0.1) is 5.54 Å². The summed E-state index contributed by atoms with van der Waals surface area (Å²) in [7, 11) is -1.36. The summed E-state index contributed by atoms with van der Waals surface area (Å²) < 4.78 is 1.11. The Bertz CT molecular complexity index is 533. The molecule has 0 spiro atoms. The van der Waals surface area contributed by atoms with Crippen LogP contribution in [-0.4, -0.2) is 18.8 Å². The molecule has 0 heterocycles. The number of hydrogen-bond acceptors (Lipinski definition) is 1. The van der Waals surface area contributed by atoms with Crippen molar-refractivity contribution in [2.24, 2.45) is 0 Å². The molecule has 1 aromatic rings. The van der Waals surface area contributed by atoms with Crippen LogP contribution in [0.4, 0.5) is 0 Å². The van der Waals surface area contributed by atoms with Gasteiger partial charge >= 0.3 is 0 Å². The normalized spacial score (nSPS) is 11.1. The summed E-state index contributed by atoms with van der Waals surface area (Å²) in [6.45, 7) is 10.0. The third kappa shape index (κ3) is 7.42. The maximum absolute atomic E-state index is 9.63. The van der Waals surface area contributed by atoms with Crippen LogP contribution < -0.4 is 0 Å². The molecular weight excluding hydrogens is 363 g/mol. The van der Waals surface area contributed by atoms with Gasteiger partial charge in [-0.25, -0.2) is 0 Å². The molecule has 1 rings (SSSR count). The highest BCUT2D eigenvalue weighted by Gasteiger charge is 2.08. The zero-order valence-corrected chi connectivity index (χ0v) is 15.2. The highest BCUT2D eigenvalue weighted by Crippen LogP contribution is 2.12. The Morgan fingerprint density at radius 3 is 2.05 bits per heavy atom. The van der Waals surface area contributed by atoms with Crippen LogP contribution in [0.3, 0.4) is 0 Å². The van der Waals surface area contributed by atoms with Crippen molar-refractivity contribution in [1.82, 2.24) is 0 Å². The Hall–Kier alpha value is -0.753. The quantitative estimate of drug-likeness (QED) is 0.413. The van der Waals surface area contributed by atoms with Gasteiger partial charge in [-0.1, -0.05) is 37.4 Å². The molecule has 0 aliphatic heterocycles. The van der Waals surface area contributed by atoms with E-state index in [1.807, 2.05) is 12.1 Å². The minimum absolute atomic E-state index is 0.897. The van der Waals surface area contributed by atoms with E-state index in [-0.39, 0.29) is 0 Å². The average Bonchev–Trinajstić information content (AvgIpc) is 2.21. The first-order chi connectivity index (χ1) is 8.55. The Morgan fingerprint density at radius 1 is 1.05 bits per heavy atom. The molecule has 0 aromatic heterocycles. The molecule has 0 aliphatic carbocycles. The number of benzene rings is 1. The van der Waals surface area contributed by atoms with Crippen LogP contribution in [0.2, 0.25) is 19.6 Å². The van der Waals surface area contributed by atoms with Crippen molar-refractivity contribution >= 4 is 30.7 Å². The second-order valence-corrected chi connectivity index (χ2v) is 12.0. The van der Waals surface area contributed by atoms with E-state index >= 15 is 0 Å². The minimum atomic E-state index is -1.36. The van der Waals surface area contributed by atoms with Crippen molar-refractivity contribution in [2.75, 3.05) is 0 Å². The second kappa shape index (κ2) is 6.13. The van der Waals surface area contributed by atoms with Gasteiger partial charge in [-0.2, -0.15) is 0 Å². The van der Waals surface area contributed by atoms with E-state index in [1.54, 1.807) is 13.8 Å². The third-order valence-corrected chi connectivity index (χ3v) is 3.49. The standard InChI is InChI=1S/C16H19IOSi/c1-16(2,18)8-6-13-10-14(12-15(17)11-13)7-9-19(3,4)5/h10-12,18H,1-5H3. The van der Waals surface area contributed by atoms with E-state index in [0.29, 0.717) is 0 Å². The largest absolute Gasteiger partial charge is 0.378 e. The van der Waals surface area contributed by atoms with Crippen LogP contribution >= 0.6 is 22.6 Å². The van der Waals surface area contributed by atoms with Crippen molar-refractivity contribution < 1.29 is 5.11 Å². The van der Waals surface area contributed by atoms with Crippen molar-refractivity contribution in [3.63, 3.8) is 0 Å². The fourth-order valence-electron chi connectivity index (χ4n) is 1.22. The molecule has 0 aliphatic rings. The molecule has 1 nitrogen and oxygen atoms in total. The summed E-state index contributed by atoms with van der Waals surface area (Å²) in [6.07, 6.45) is 0. The number of rotatable bonds is 0. The lowest BCUT2D eigenvalue weighted by atomic mass is 10.1. The predicted molar refractivity (Wildman–Crippen MR) is 92.6 cm³/mol. The van der Waals surface area contributed by atoms with E-state index in [9.17, 15) is 5.11 Å². The van der Waals surface area contributed by atoms with Crippen LogP contribution in [0, 0.1) is 26.9 Å². The smallest absolute Gasteiger partial charge is 0.129 e. The zero-order chi connectivity index (χ0) is 14.7. The highest BCUT2D eigenvalue weighted by molar-refractivity contribution is 14.1. The lowest BCUT2D eigenvalue weighted by Gasteiger charge is -2.06. The van der Waals surface area contributed by atoms with E-state index in [2.05, 4.69) is 71.6 Å². The van der Waals surface area contributed by atoms with Gasteiger partial charge in [0.25, 0.3) is 0 Å². The van der Waals surface area contributed by atoms with Gasteiger partial charge in [0, 0.05) is 14.7 Å². The molecule has 0 saturated heterocycles. The summed E-state index contributed by atoms with van der Waals surface area (Å²) in [5, 5.41) is 9.63. The molecule has 1 N–H and O–H groups in total. The van der Waals surface area contributed by atoms with E-state index < -0.39 is 13.7 Å². The van der Waals surface area contributed by atoms with E-state index in [0.717, 1.165) is 14.7 Å². The highest BCUT2D eigenvalue weighted by atomic mass is 127. The molecule has 19 heavy (non-hydrogen) atoms. The molecule has 0 radical (unpaired) electrons. The SMILES string of the molecule is CC(C)(O)C#Cc1cc(I)cc(C#C[Si](C)(C)C)c1. The second-order valence-electron chi connectivity index (χ2n) is 6.04. The molecule has 0 bridgehead atoms. The van der Waals surface area contributed by atoms with Crippen LogP contribution in [-0.2, 0) is 0 Å². The number of halogens is 1. The summed E-state index contributed by atoms with van der Waals surface area (Å²) in [5.41, 5.74) is 4.28. The summed E-state index contributed by atoms with van der Waals surface area (Å²) in [6, 6.07) is 6.04. The predicted octanol–water partition coefficient (Wildman–Crippen LogP) is 3.64. The molecule has 3 heteroatoms. The fraction of sp³-hybridized carbons (Fsp3) is 0.375. The first-order valence-corrected chi connectivity index (χ1v) is 10.7. The first kappa shape index (κ1) is 16.3. The lowest BCUT2D eigenvalue weighted by molar-refractivity contribution is 0.143. The monoisotopic (exact) mass is 382 g/mol. The maximum atomic E-state index is 9.63. The Labute approximate surface area is 131 Å². The number of hydrogen-bond donors (Lipinski definition) is 1. The van der Waals surface area contributed by atoms with Gasteiger partial charge < -0.3 is 5.11 Å². The first-order valence-electron chi connectivity index (χ1n) is 6.14. The van der Waals surface area contributed by atoms with Crippen molar-refractivity contribution in [1.29, 1.82) is 0 Å². The summed E-state index contributed by atoms with van der Waals surface area (Å²) >= 11 is 2.27. The third-order valence-electron chi connectivity index (χ3n) is 1.99. The van der Waals surface area contributed by atoms with Crippen LogP contribution in [0.15, 0.2) is 18.2 Å². The molecular formula is C16H19IOSi. The summed E-state index contributed by atoms with van der Waals surface area (Å²) in [4.78, 5) is 0. The van der Waals surface area contributed by atoms with Crippen LogP contribution in [0.5, 0.6) is 0 Å². The fourth-order valence-corrected chi connectivity index (χ4v) is 2.41. The summed E-state index contributed by atoms with van der Waals surface area (Å²) in [5.74, 6) is 9.07. The molecule has 0 atom stereocenters. The van der Waals surface area contributed by atoms with Gasteiger partial charge in [0.15, 0.2) is 0 Å². The van der Waals surface area contributed by atoms with E-state index in [4.69, 9.17) is 0 Å².